The number of rotatable bonds is 9. The molecule has 1 fully saturated rings. The molecule has 4 amide bonds. The third kappa shape index (κ3) is 8.93. The van der Waals surface area contributed by atoms with E-state index in [0.717, 1.165) is 24.8 Å². The Bertz CT molecular complexity index is 725. The van der Waals surface area contributed by atoms with Crippen molar-refractivity contribution in [2.45, 2.75) is 45.3 Å². The Kier molecular flexibility index (Phi) is 9.63. The van der Waals surface area contributed by atoms with Crippen LogP contribution in [0.25, 0.3) is 0 Å². The summed E-state index contributed by atoms with van der Waals surface area (Å²) in [7, 11) is 0. The van der Waals surface area contributed by atoms with Crippen molar-refractivity contribution in [1.82, 2.24) is 21.3 Å². The van der Waals surface area contributed by atoms with Crippen molar-refractivity contribution in [3.05, 3.63) is 35.9 Å². The lowest BCUT2D eigenvalue weighted by Gasteiger charge is -2.29. The zero-order valence-corrected chi connectivity index (χ0v) is 17.2. The van der Waals surface area contributed by atoms with E-state index in [1.165, 1.54) is 6.42 Å². The van der Waals surface area contributed by atoms with Gasteiger partial charge >= 0.3 is 6.09 Å². The van der Waals surface area contributed by atoms with Gasteiger partial charge in [-0.3, -0.25) is 14.4 Å². The summed E-state index contributed by atoms with van der Waals surface area (Å²) in [6.07, 6.45) is 3.60. The van der Waals surface area contributed by atoms with Crippen LogP contribution in [0.3, 0.4) is 0 Å². The number of hydrogen-bond acceptors (Lipinski definition) is 5. The van der Waals surface area contributed by atoms with E-state index in [1.54, 1.807) is 0 Å². The van der Waals surface area contributed by atoms with Gasteiger partial charge in [0.15, 0.2) is 0 Å². The maximum Gasteiger partial charge on any atom is 0.407 e. The van der Waals surface area contributed by atoms with Gasteiger partial charge in [-0.2, -0.15) is 0 Å². The summed E-state index contributed by atoms with van der Waals surface area (Å²) in [6, 6.07) is 9.29. The molecule has 0 aromatic heterocycles. The Morgan fingerprint density at radius 1 is 0.867 bits per heavy atom. The van der Waals surface area contributed by atoms with Crippen LogP contribution < -0.4 is 21.3 Å². The Hall–Kier alpha value is -3.10. The summed E-state index contributed by atoms with van der Waals surface area (Å²) in [5.41, 5.74) is 0.829. The van der Waals surface area contributed by atoms with Gasteiger partial charge in [-0.25, -0.2) is 4.79 Å². The second-order valence-electron chi connectivity index (χ2n) is 7.40. The Morgan fingerprint density at radius 2 is 1.47 bits per heavy atom. The van der Waals surface area contributed by atoms with Gasteiger partial charge in [-0.05, 0) is 24.3 Å². The molecule has 9 heteroatoms. The van der Waals surface area contributed by atoms with Crippen molar-refractivity contribution in [1.29, 1.82) is 0 Å². The van der Waals surface area contributed by atoms with Crippen molar-refractivity contribution >= 4 is 23.8 Å². The Morgan fingerprint density at radius 3 is 2.13 bits per heavy atom. The van der Waals surface area contributed by atoms with Crippen LogP contribution in [-0.2, 0) is 25.7 Å². The van der Waals surface area contributed by atoms with Crippen molar-refractivity contribution in [3.63, 3.8) is 0 Å². The van der Waals surface area contributed by atoms with E-state index in [-0.39, 0.29) is 38.2 Å². The first-order valence-electron chi connectivity index (χ1n) is 10.2. The van der Waals surface area contributed by atoms with Gasteiger partial charge in [0, 0.05) is 6.04 Å². The lowest BCUT2D eigenvalue weighted by molar-refractivity contribution is -0.127. The van der Waals surface area contributed by atoms with Crippen molar-refractivity contribution in [3.8, 4) is 0 Å². The number of ether oxygens (including phenoxy) is 1. The second-order valence-corrected chi connectivity index (χ2v) is 7.40. The monoisotopic (exact) mass is 418 g/mol. The average Bonchev–Trinajstić information content (AvgIpc) is 2.75. The molecule has 2 rings (SSSR count). The number of alkyl carbamates (subject to hydrolysis) is 1. The molecule has 4 N–H and O–H groups in total. The number of carbonyl (C=O) groups is 4. The third-order valence-corrected chi connectivity index (χ3v) is 4.96. The van der Waals surface area contributed by atoms with Gasteiger partial charge in [-0.15, -0.1) is 0 Å². The van der Waals surface area contributed by atoms with Crippen LogP contribution in [0.2, 0.25) is 0 Å². The highest BCUT2D eigenvalue weighted by molar-refractivity contribution is 5.89. The van der Waals surface area contributed by atoms with E-state index >= 15 is 0 Å². The fourth-order valence-electron chi connectivity index (χ4n) is 3.20. The van der Waals surface area contributed by atoms with E-state index < -0.39 is 17.9 Å². The molecule has 1 aromatic carbocycles. The van der Waals surface area contributed by atoms with Gasteiger partial charge in [0.2, 0.25) is 17.7 Å². The average molecular weight is 418 g/mol. The lowest BCUT2D eigenvalue weighted by atomic mass is 9.86. The Labute approximate surface area is 176 Å². The summed E-state index contributed by atoms with van der Waals surface area (Å²) in [4.78, 5) is 47.1. The molecule has 0 aliphatic heterocycles. The molecular weight excluding hydrogens is 388 g/mol. The van der Waals surface area contributed by atoms with Crippen molar-refractivity contribution < 1.29 is 23.9 Å². The first-order chi connectivity index (χ1) is 14.4. The standard InChI is InChI=1S/C21H30N4O5/c1-15-7-5-6-10-17(15)25-20(28)13-23-18(26)11-22-19(27)12-24-21(29)30-14-16-8-3-2-4-9-16/h2-4,8-9,15,17H,5-7,10-14H2,1H3,(H,22,27)(H,23,26)(H,24,29)(H,25,28)/t15-,17-/m0/s1. The highest BCUT2D eigenvalue weighted by Gasteiger charge is 2.22. The van der Waals surface area contributed by atoms with Crippen molar-refractivity contribution in [2.24, 2.45) is 5.92 Å². The van der Waals surface area contributed by atoms with E-state index in [0.29, 0.717) is 5.92 Å². The maximum absolute atomic E-state index is 12.0. The van der Waals surface area contributed by atoms with Crippen LogP contribution in [-0.4, -0.2) is 49.5 Å². The fraction of sp³-hybridized carbons (Fsp3) is 0.524. The fourth-order valence-corrected chi connectivity index (χ4v) is 3.20. The van der Waals surface area contributed by atoms with Gasteiger partial charge in [-0.1, -0.05) is 50.1 Å². The van der Waals surface area contributed by atoms with Crippen LogP contribution >= 0.6 is 0 Å². The summed E-state index contributed by atoms with van der Waals surface area (Å²) in [5.74, 6) is -0.829. The predicted molar refractivity (Wildman–Crippen MR) is 110 cm³/mol. The normalized spacial score (nSPS) is 18.0. The molecule has 0 heterocycles. The number of amides is 4. The first kappa shape index (κ1) is 23.2. The quantitative estimate of drug-likeness (QED) is 0.473. The smallest absolute Gasteiger partial charge is 0.407 e. The summed E-state index contributed by atoms with van der Waals surface area (Å²) < 4.78 is 4.99. The van der Waals surface area contributed by atoms with Crippen LogP contribution in [0.15, 0.2) is 30.3 Å². The molecule has 1 aliphatic rings. The molecule has 0 radical (unpaired) electrons. The molecule has 30 heavy (non-hydrogen) atoms. The molecule has 1 aliphatic carbocycles. The summed E-state index contributed by atoms with van der Waals surface area (Å²) >= 11 is 0. The highest BCUT2D eigenvalue weighted by Crippen LogP contribution is 2.23. The largest absolute Gasteiger partial charge is 0.445 e. The topological polar surface area (TPSA) is 126 Å². The van der Waals surface area contributed by atoms with E-state index in [1.807, 2.05) is 30.3 Å². The number of nitrogens with one attached hydrogen (secondary N) is 4. The molecular formula is C21H30N4O5. The van der Waals surface area contributed by atoms with Crippen LogP contribution in [0.5, 0.6) is 0 Å². The van der Waals surface area contributed by atoms with Gasteiger partial charge in [0.1, 0.15) is 13.2 Å². The molecule has 9 nitrogen and oxygen atoms in total. The lowest BCUT2D eigenvalue weighted by Crippen LogP contribution is -2.47. The molecule has 164 valence electrons. The second kappa shape index (κ2) is 12.5. The van der Waals surface area contributed by atoms with E-state index in [9.17, 15) is 19.2 Å². The molecule has 1 aromatic rings. The van der Waals surface area contributed by atoms with Crippen molar-refractivity contribution in [2.75, 3.05) is 19.6 Å². The third-order valence-electron chi connectivity index (χ3n) is 4.96. The van der Waals surface area contributed by atoms with E-state index in [2.05, 4.69) is 28.2 Å². The minimum atomic E-state index is -0.730. The highest BCUT2D eigenvalue weighted by atomic mass is 16.5. The molecule has 0 bridgehead atoms. The molecule has 1 saturated carbocycles. The predicted octanol–water partition coefficient (Wildman–Crippen LogP) is 0.840. The first-order valence-corrected chi connectivity index (χ1v) is 10.2. The number of carbonyl (C=O) groups excluding carboxylic acids is 4. The van der Waals surface area contributed by atoms with Crippen LogP contribution in [0, 0.1) is 5.92 Å². The number of benzene rings is 1. The minimum absolute atomic E-state index is 0.0956. The van der Waals surface area contributed by atoms with Crippen LogP contribution in [0.1, 0.15) is 38.2 Å². The Balaban J connectivity index is 1.53. The zero-order chi connectivity index (χ0) is 21.8. The van der Waals surface area contributed by atoms with Gasteiger partial charge in [0.25, 0.3) is 0 Å². The molecule has 0 saturated heterocycles. The van der Waals surface area contributed by atoms with Gasteiger partial charge in [0.05, 0.1) is 13.1 Å². The SMILES string of the molecule is C[C@H]1CCCC[C@@H]1NC(=O)CNC(=O)CNC(=O)CNC(=O)OCc1ccccc1. The molecule has 0 unspecified atom stereocenters. The minimum Gasteiger partial charge on any atom is -0.445 e. The summed E-state index contributed by atoms with van der Waals surface area (Å²) in [6.45, 7) is 1.47. The van der Waals surface area contributed by atoms with E-state index in [4.69, 9.17) is 4.74 Å². The summed E-state index contributed by atoms with van der Waals surface area (Å²) in [5, 5.41) is 10.1. The zero-order valence-electron chi connectivity index (χ0n) is 17.2. The number of hydrogen-bond donors (Lipinski definition) is 4. The van der Waals surface area contributed by atoms with Gasteiger partial charge < -0.3 is 26.0 Å². The molecule has 2 atom stereocenters. The maximum atomic E-state index is 12.0. The molecule has 0 spiro atoms. The van der Waals surface area contributed by atoms with Crippen LogP contribution in [0.4, 0.5) is 4.79 Å².